The molecule has 0 saturated heterocycles. The van der Waals surface area contributed by atoms with Crippen molar-refractivity contribution in [2.75, 3.05) is 10.6 Å². The summed E-state index contributed by atoms with van der Waals surface area (Å²) in [4.78, 5) is 29.7. The van der Waals surface area contributed by atoms with Crippen molar-refractivity contribution in [3.8, 4) is 0 Å². The molecule has 1 atom stereocenters. The van der Waals surface area contributed by atoms with E-state index < -0.39 is 50.2 Å². The van der Waals surface area contributed by atoms with Crippen molar-refractivity contribution in [3.05, 3.63) is 83.6 Å². The van der Waals surface area contributed by atoms with Crippen molar-refractivity contribution in [2.24, 2.45) is 0 Å². The molecule has 1 aliphatic rings. The molecule has 11 heteroatoms. The number of pyridine rings is 1. The number of hydrogen-bond acceptors (Lipinski definition) is 7. The smallest absolute Gasteiger partial charge is 0.340 e. The lowest BCUT2D eigenvalue weighted by atomic mass is 10.1. The lowest BCUT2D eigenvalue weighted by Crippen LogP contribution is -2.28. The summed E-state index contributed by atoms with van der Waals surface area (Å²) in [6, 6.07) is 10.3. The third-order valence-corrected chi connectivity index (χ3v) is 7.93. The molecule has 0 spiro atoms. The Bertz CT molecular complexity index is 1450. The second-order valence-corrected chi connectivity index (χ2v) is 12.2. The first-order valence-electron chi connectivity index (χ1n) is 11.9. The Morgan fingerprint density at radius 2 is 1.71 bits per heavy atom. The van der Waals surface area contributed by atoms with E-state index in [-0.39, 0.29) is 22.0 Å². The van der Waals surface area contributed by atoms with Gasteiger partial charge in [-0.15, -0.1) is 0 Å². The number of esters is 1. The van der Waals surface area contributed by atoms with Crippen LogP contribution in [-0.2, 0) is 19.4 Å². The highest BCUT2D eigenvalue weighted by molar-refractivity contribution is 7.92. The Hall–Kier alpha value is -3.86. The Labute approximate surface area is 219 Å². The van der Waals surface area contributed by atoms with Gasteiger partial charge in [-0.25, -0.2) is 27.0 Å². The minimum Gasteiger partial charge on any atom is -0.456 e. The number of anilines is 2. The fourth-order valence-electron chi connectivity index (χ4n) is 3.61. The molecule has 1 aromatic heterocycles. The topological polar surface area (TPSA) is 114 Å². The summed E-state index contributed by atoms with van der Waals surface area (Å²) in [5.41, 5.74) is -0.291. The number of aromatic nitrogens is 1. The van der Waals surface area contributed by atoms with E-state index in [1.165, 1.54) is 42.6 Å². The predicted octanol–water partition coefficient (Wildman–Crippen LogP) is 5.04. The van der Waals surface area contributed by atoms with Crippen molar-refractivity contribution < 1.29 is 31.5 Å². The highest BCUT2D eigenvalue weighted by Gasteiger charge is 2.37. The van der Waals surface area contributed by atoms with E-state index in [0.29, 0.717) is 24.5 Å². The van der Waals surface area contributed by atoms with Gasteiger partial charge in [0.05, 0.1) is 21.4 Å². The first kappa shape index (κ1) is 27.2. The van der Waals surface area contributed by atoms with Crippen LogP contribution in [0.1, 0.15) is 55.6 Å². The normalized spacial score (nSPS) is 14.4. The second-order valence-electron chi connectivity index (χ2n) is 9.94. The Kier molecular flexibility index (Phi) is 7.50. The number of ether oxygens (including phenoxy) is 1. The Morgan fingerprint density at radius 1 is 1.03 bits per heavy atom. The van der Waals surface area contributed by atoms with Crippen LogP contribution in [-0.4, -0.2) is 36.1 Å². The zero-order chi connectivity index (χ0) is 27.7. The zero-order valence-electron chi connectivity index (χ0n) is 21.0. The van der Waals surface area contributed by atoms with Gasteiger partial charge in [-0.05, 0) is 75.6 Å². The zero-order valence-corrected chi connectivity index (χ0v) is 21.8. The Morgan fingerprint density at radius 3 is 2.26 bits per heavy atom. The number of carbonyl (C=O) groups is 2. The minimum atomic E-state index is -3.44. The van der Waals surface area contributed by atoms with E-state index >= 15 is 0 Å². The van der Waals surface area contributed by atoms with Crippen molar-refractivity contribution >= 4 is 33.2 Å². The Balaban J connectivity index is 1.58. The number of rotatable bonds is 8. The van der Waals surface area contributed by atoms with E-state index in [2.05, 4.69) is 15.6 Å². The molecule has 0 aliphatic heterocycles. The molecular formula is C27H27F2N3O5S. The van der Waals surface area contributed by atoms with Crippen LogP contribution in [0.15, 0.2) is 65.7 Å². The molecule has 0 radical (unpaired) electrons. The number of nitrogens with one attached hydrogen (secondary N) is 2. The van der Waals surface area contributed by atoms with Crippen LogP contribution in [0.5, 0.6) is 0 Å². The molecule has 1 heterocycles. The van der Waals surface area contributed by atoms with Crippen LogP contribution in [0.4, 0.5) is 20.3 Å². The van der Waals surface area contributed by atoms with Crippen molar-refractivity contribution in [3.63, 3.8) is 0 Å². The molecule has 38 heavy (non-hydrogen) atoms. The van der Waals surface area contributed by atoms with E-state index in [0.717, 1.165) is 12.1 Å². The van der Waals surface area contributed by atoms with Gasteiger partial charge in [0, 0.05) is 12.3 Å². The number of benzene rings is 2. The van der Waals surface area contributed by atoms with Crippen LogP contribution in [0.3, 0.4) is 0 Å². The summed E-state index contributed by atoms with van der Waals surface area (Å²) in [6.45, 7) is 5.20. The van der Waals surface area contributed by atoms with Gasteiger partial charge in [-0.3, -0.25) is 4.79 Å². The summed E-state index contributed by atoms with van der Waals surface area (Å²) < 4.78 is 58.2. The van der Waals surface area contributed by atoms with Crippen LogP contribution in [0.25, 0.3) is 0 Å². The maximum atomic E-state index is 14.4. The standard InChI is InChI=1S/C27H27F2N3O5S/c1-27(2,3)37-26(34)17-6-13-23(30-15-17)32-25(33)24(31-22-12-7-18(28)14-21(22)29)16-4-8-19(9-5-16)38(35,36)20-10-11-20/h4-9,12-15,20,24,31H,10-11H2,1-3H3,(H,30,32,33). The average molecular weight is 544 g/mol. The molecule has 8 nitrogen and oxygen atoms in total. The highest BCUT2D eigenvalue weighted by Crippen LogP contribution is 2.34. The lowest BCUT2D eigenvalue weighted by Gasteiger charge is -2.21. The second kappa shape index (κ2) is 10.5. The van der Waals surface area contributed by atoms with Crippen LogP contribution >= 0.6 is 0 Å². The number of amides is 1. The van der Waals surface area contributed by atoms with Gasteiger partial charge in [-0.1, -0.05) is 12.1 Å². The molecule has 1 unspecified atom stereocenters. The fraction of sp³-hybridized carbons (Fsp3) is 0.296. The fourth-order valence-corrected chi connectivity index (χ4v) is 5.26. The van der Waals surface area contributed by atoms with Gasteiger partial charge in [0.25, 0.3) is 5.91 Å². The van der Waals surface area contributed by atoms with Crippen LogP contribution in [0.2, 0.25) is 0 Å². The number of carbonyl (C=O) groups excluding carboxylic acids is 2. The van der Waals surface area contributed by atoms with Crippen LogP contribution in [0, 0.1) is 11.6 Å². The average Bonchev–Trinajstić information content (AvgIpc) is 3.69. The summed E-state index contributed by atoms with van der Waals surface area (Å²) in [5, 5.41) is 4.96. The van der Waals surface area contributed by atoms with Gasteiger partial charge in [-0.2, -0.15) is 0 Å². The van der Waals surface area contributed by atoms with Crippen molar-refractivity contribution in [1.29, 1.82) is 0 Å². The SMILES string of the molecule is CC(C)(C)OC(=O)c1ccc(NC(=O)C(Nc2ccc(F)cc2F)c2ccc(S(=O)(=O)C3CC3)cc2)nc1. The number of nitrogens with zero attached hydrogens (tertiary/aromatic N) is 1. The molecule has 1 saturated carbocycles. The monoisotopic (exact) mass is 543 g/mol. The van der Waals surface area contributed by atoms with E-state index in [4.69, 9.17) is 4.74 Å². The first-order valence-corrected chi connectivity index (χ1v) is 13.4. The van der Waals surface area contributed by atoms with Crippen molar-refractivity contribution in [2.45, 2.75) is 55.4 Å². The summed E-state index contributed by atoms with van der Waals surface area (Å²) in [6.07, 6.45) is 2.48. The number of sulfone groups is 1. The summed E-state index contributed by atoms with van der Waals surface area (Å²) >= 11 is 0. The molecule has 200 valence electrons. The van der Waals surface area contributed by atoms with Gasteiger partial charge in [0.15, 0.2) is 9.84 Å². The maximum absolute atomic E-state index is 14.4. The lowest BCUT2D eigenvalue weighted by molar-refractivity contribution is -0.117. The van der Waals surface area contributed by atoms with Crippen LogP contribution < -0.4 is 10.6 Å². The third-order valence-electron chi connectivity index (χ3n) is 5.65. The van der Waals surface area contributed by atoms with Crippen molar-refractivity contribution in [1.82, 2.24) is 4.98 Å². The van der Waals surface area contributed by atoms with Gasteiger partial charge in [0.1, 0.15) is 29.1 Å². The van der Waals surface area contributed by atoms with E-state index in [1.54, 1.807) is 20.8 Å². The predicted molar refractivity (Wildman–Crippen MR) is 137 cm³/mol. The van der Waals surface area contributed by atoms with E-state index in [1.807, 2.05) is 0 Å². The largest absolute Gasteiger partial charge is 0.456 e. The molecule has 2 N–H and O–H groups in total. The maximum Gasteiger partial charge on any atom is 0.340 e. The van der Waals surface area contributed by atoms with Gasteiger partial charge < -0.3 is 15.4 Å². The first-order chi connectivity index (χ1) is 17.8. The quantitative estimate of drug-likeness (QED) is 0.383. The number of hydrogen-bond donors (Lipinski definition) is 2. The minimum absolute atomic E-state index is 0.113. The molecule has 4 rings (SSSR count). The summed E-state index contributed by atoms with van der Waals surface area (Å²) in [7, 11) is -3.44. The molecule has 0 bridgehead atoms. The molecule has 1 fully saturated rings. The number of halogens is 2. The molecule has 3 aromatic rings. The van der Waals surface area contributed by atoms with E-state index in [9.17, 15) is 26.8 Å². The summed E-state index contributed by atoms with van der Waals surface area (Å²) in [5.74, 6) is -2.80. The third kappa shape index (κ3) is 6.52. The highest BCUT2D eigenvalue weighted by atomic mass is 32.2. The molecular weight excluding hydrogens is 516 g/mol. The molecule has 2 aromatic carbocycles. The van der Waals surface area contributed by atoms with Gasteiger partial charge >= 0.3 is 5.97 Å². The molecule has 1 aliphatic carbocycles. The molecule has 1 amide bonds. The van der Waals surface area contributed by atoms with Gasteiger partial charge in [0.2, 0.25) is 0 Å².